The number of carboxylic acids is 2. The summed E-state index contributed by atoms with van der Waals surface area (Å²) in [6, 6.07) is -3.19. The van der Waals surface area contributed by atoms with Gasteiger partial charge in [0, 0.05) is 39.0 Å². The number of nitrogens with zero attached hydrogens (tertiary/aromatic N) is 1. The van der Waals surface area contributed by atoms with Crippen molar-refractivity contribution in [3.63, 3.8) is 0 Å². The molecule has 0 saturated carbocycles. The molecule has 10 atom stereocenters. The van der Waals surface area contributed by atoms with Gasteiger partial charge in [0.1, 0.15) is 50.3 Å². The fourth-order valence-electron chi connectivity index (χ4n) is 7.55. The van der Waals surface area contributed by atoms with E-state index in [1.54, 1.807) is 6.92 Å². The summed E-state index contributed by atoms with van der Waals surface area (Å²) >= 11 is 0. The highest BCUT2D eigenvalue weighted by molar-refractivity contribution is 5.86. The first-order valence-corrected chi connectivity index (χ1v) is 25.0. The number of hydrogen-bond acceptors (Lipinski definition) is 22. The zero-order valence-electron chi connectivity index (χ0n) is 44.2. The second-order valence-electron chi connectivity index (χ2n) is 17.3. The summed E-state index contributed by atoms with van der Waals surface area (Å²) in [5, 5.41) is 88.0. The monoisotopic (exact) mass is 1130 g/mol. The van der Waals surface area contributed by atoms with Crippen LogP contribution in [0.25, 0.3) is 0 Å². The summed E-state index contributed by atoms with van der Waals surface area (Å²) in [6.07, 6.45) is -1.69. The predicted molar refractivity (Wildman–Crippen MR) is 272 cm³/mol. The van der Waals surface area contributed by atoms with E-state index in [9.17, 15) is 59.4 Å². The number of carbonyl (C=O) groups excluding carboxylic acids is 4. The highest BCUT2D eigenvalue weighted by atomic mass is 16.6. The van der Waals surface area contributed by atoms with Crippen LogP contribution < -0.4 is 38.1 Å². The number of aliphatic hydroxyl groups is 4. The maximum Gasteiger partial charge on any atom is 0.370 e. The number of nitrogens with two attached hydrogens (primary N) is 2. The van der Waals surface area contributed by atoms with Crippen molar-refractivity contribution in [1.82, 2.24) is 31.5 Å². The van der Waals surface area contributed by atoms with Crippen LogP contribution in [0.1, 0.15) is 20.3 Å². The van der Waals surface area contributed by atoms with Crippen LogP contribution in [0.5, 0.6) is 0 Å². The number of aliphatic carboxylic acids is 2. The third-order valence-electron chi connectivity index (χ3n) is 11.3. The van der Waals surface area contributed by atoms with Gasteiger partial charge in [-0.2, -0.15) is 0 Å². The molecule has 0 saturated heterocycles. The van der Waals surface area contributed by atoms with Gasteiger partial charge in [-0.05, 0) is 12.2 Å². The molecule has 2 heterocycles. The molecule has 0 spiro atoms. The van der Waals surface area contributed by atoms with E-state index in [0.717, 1.165) is 13.0 Å². The van der Waals surface area contributed by atoms with Crippen molar-refractivity contribution in [1.29, 1.82) is 10.8 Å². The van der Waals surface area contributed by atoms with E-state index in [0.29, 0.717) is 26.4 Å². The van der Waals surface area contributed by atoms with Gasteiger partial charge in [-0.3, -0.25) is 30.0 Å². The Morgan fingerprint density at radius 2 is 1.10 bits per heavy atom. The van der Waals surface area contributed by atoms with Gasteiger partial charge in [-0.15, -0.1) is 6.42 Å². The maximum atomic E-state index is 13.3. The van der Waals surface area contributed by atoms with Gasteiger partial charge in [0.05, 0.1) is 110 Å². The molecule has 4 amide bonds. The lowest BCUT2D eigenvalue weighted by Crippen LogP contribution is -2.64. The van der Waals surface area contributed by atoms with Crippen molar-refractivity contribution >= 4 is 47.5 Å². The standard InChI is InChI=1S/C47H78N10O22/c1-4-10-70-16-18-74-20-21-75-19-17-71-11-5-38(65)57(8-14-72-12-6-52-36(63)26-76-41(32(61)24-58)40-28(2)30(55-46(48)49)22-34(78-40)44(66)67)9-15-73-13-7-53-37(64)27-77-42(33(62)25-59)43-39(54-29(3)60)31(56-47(50)51)23-35(79-43)45(68)69/h1,22-23,28,30-33,39-43,58-59,61-62H,5-21,24-27H2,2-3H3,(H,52,63)(H,53,64)(H,54,60)(H,66,67)(H,68,69)(H4,48,49,55)(H4,50,51,56)/t28-,30+,31+,32+,33+,39-,40-,41+,42+,43-/m0/s1. The number of guanidine groups is 2. The van der Waals surface area contributed by atoms with E-state index in [-0.39, 0.29) is 91.4 Å². The van der Waals surface area contributed by atoms with E-state index in [1.807, 2.05) is 0 Å². The van der Waals surface area contributed by atoms with Crippen molar-refractivity contribution in [2.75, 3.05) is 132 Å². The molecule has 32 nitrogen and oxygen atoms in total. The number of carbonyl (C=O) groups is 6. The summed E-state index contributed by atoms with van der Waals surface area (Å²) in [7, 11) is 0. The van der Waals surface area contributed by atoms with Crippen LogP contribution in [0.2, 0.25) is 0 Å². The number of aliphatic hydroxyl groups excluding tert-OH is 4. The van der Waals surface area contributed by atoms with E-state index >= 15 is 0 Å². The van der Waals surface area contributed by atoms with Crippen molar-refractivity contribution in [2.24, 2.45) is 17.4 Å². The van der Waals surface area contributed by atoms with Crippen molar-refractivity contribution in [3.8, 4) is 12.3 Å². The topological polar surface area (TPSA) is 479 Å². The van der Waals surface area contributed by atoms with Crippen molar-refractivity contribution in [3.05, 3.63) is 23.7 Å². The largest absolute Gasteiger partial charge is 0.480 e. The highest BCUT2D eigenvalue weighted by Gasteiger charge is 2.46. The molecule has 0 bridgehead atoms. The molecule has 32 heteroatoms. The first-order valence-electron chi connectivity index (χ1n) is 25.0. The van der Waals surface area contributed by atoms with Gasteiger partial charge >= 0.3 is 11.9 Å². The molecule has 0 aromatic rings. The fraction of sp³-hybridized carbons (Fsp3) is 0.702. The molecule has 2 aliphatic rings. The second-order valence-corrected chi connectivity index (χ2v) is 17.3. The molecule has 0 aromatic heterocycles. The summed E-state index contributed by atoms with van der Waals surface area (Å²) in [4.78, 5) is 76.2. The highest BCUT2D eigenvalue weighted by Crippen LogP contribution is 2.29. The Hall–Kier alpha value is -6.48. The third-order valence-corrected chi connectivity index (χ3v) is 11.3. The van der Waals surface area contributed by atoms with Crippen LogP contribution in [-0.2, 0) is 76.1 Å². The average Bonchev–Trinajstić information content (AvgIpc) is 3.41. The van der Waals surface area contributed by atoms with Crippen LogP contribution in [0.4, 0.5) is 0 Å². The minimum Gasteiger partial charge on any atom is -0.480 e. The first kappa shape index (κ1) is 68.6. The molecule has 0 unspecified atom stereocenters. The Kier molecular flexibility index (Phi) is 33.9. The zero-order chi connectivity index (χ0) is 58.7. The lowest BCUT2D eigenvalue weighted by Gasteiger charge is -2.41. The summed E-state index contributed by atoms with van der Waals surface area (Å²) < 4.78 is 55.3. The van der Waals surface area contributed by atoms with Gasteiger partial charge in [0.15, 0.2) is 18.0 Å². The van der Waals surface area contributed by atoms with Crippen molar-refractivity contribution < 1.29 is 107 Å². The molecule has 2 rings (SSSR count). The SMILES string of the molecule is C#CCOCCOCCOCCOCCC(=O)N(CCOCCNC(=O)CO[C@@H]([C@H]1OC(C(=O)O)=C[C@@H](NC(=N)N)[C@@H]1C)[C@H](O)CO)CCOCCNC(=O)CO[C@@H]([C@H]1OC(C(=O)O)=C[C@@H](NC(=N)N)[C@@H]1NC(C)=O)[C@H](O)CO. The third kappa shape index (κ3) is 27.3. The molecule has 0 radical (unpaired) electrons. The minimum atomic E-state index is -1.75. The normalized spacial score (nSPS) is 20.2. The molecule has 448 valence electrons. The molecular weight excluding hydrogens is 1060 g/mol. The first-order chi connectivity index (χ1) is 37.7. The molecule has 0 fully saturated rings. The number of nitrogens with one attached hydrogen (secondary N) is 7. The number of amides is 4. The molecule has 17 N–H and O–H groups in total. The fourth-order valence-corrected chi connectivity index (χ4v) is 7.55. The quantitative estimate of drug-likeness (QED) is 0.0117. The minimum absolute atomic E-state index is 0.00262. The Labute approximate surface area is 456 Å². The van der Waals surface area contributed by atoms with E-state index in [4.69, 9.17) is 76.1 Å². The van der Waals surface area contributed by atoms with Gasteiger partial charge in [-0.25, -0.2) is 9.59 Å². The van der Waals surface area contributed by atoms with E-state index < -0.39 is 140 Å². The van der Waals surface area contributed by atoms with E-state index in [2.05, 4.69) is 32.5 Å². The smallest absolute Gasteiger partial charge is 0.370 e. The number of carboxylic acid groups (broad SMARTS) is 2. The van der Waals surface area contributed by atoms with Crippen LogP contribution in [0.15, 0.2) is 23.7 Å². The van der Waals surface area contributed by atoms with Gasteiger partial charge in [0.25, 0.3) is 0 Å². The Bertz CT molecular complexity index is 2030. The van der Waals surface area contributed by atoms with Crippen LogP contribution in [0.3, 0.4) is 0 Å². The van der Waals surface area contributed by atoms with Crippen LogP contribution >= 0.6 is 0 Å². The Balaban J connectivity index is 1.94. The molecule has 0 aliphatic carbocycles. The zero-order valence-corrected chi connectivity index (χ0v) is 44.2. The second kappa shape index (κ2) is 39.0. The maximum absolute atomic E-state index is 13.3. The Morgan fingerprint density at radius 1 is 0.671 bits per heavy atom. The molecule has 2 aliphatic heterocycles. The Morgan fingerprint density at radius 3 is 1.56 bits per heavy atom. The number of terminal acetylenes is 1. The molecule has 79 heavy (non-hydrogen) atoms. The van der Waals surface area contributed by atoms with Gasteiger partial charge < -0.3 is 121 Å². The lowest BCUT2D eigenvalue weighted by molar-refractivity contribution is -0.161. The number of ether oxygens (including phenoxy) is 10. The van der Waals surface area contributed by atoms with Crippen molar-refractivity contribution in [2.45, 2.75) is 75.0 Å². The molecule has 0 aromatic carbocycles. The van der Waals surface area contributed by atoms with Gasteiger partial charge in [-0.1, -0.05) is 12.8 Å². The summed E-state index contributed by atoms with van der Waals surface area (Å²) in [5.74, 6) is -5.81. The number of rotatable bonds is 42. The lowest BCUT2D eigenvalue weighted by atomic mass is 9.87. The summed E-state index contributed by atoms with van der Waals surface area (Å²) in [6.45, 7) is 1.76. The van der Waals surface area contributed by atoms with Gasteiger partial charge in [0.2, 0.25) is 35.1 Å². The predicted octanol–water partition coefficient (Wildman–Crippen LogP) is -6.77. The van der Waals surface area contributed by atoms with Crippen LogP contribution in [-0.4, -0.2) is 270 Å². The molecular formula is C47H78N10O22. The number of hydrogen-bond donors (Lipinski definition) is 15. The summed E-state index contributed by atoms with van der Waals surface area (Å²) in [5.41, 5.74) is 10.9. The van der Waals surface area contributed by atoms with Crippen LogP contribution in [0, 0.1) is 29.1 Å². The van der Waals surface area contributed by atoms with E-state index in [1.165, 1.54) is 11.0 Å². The average molecular weight is 1140 g/mol.